The maximum absolute atomic E-state index is 9.13. The van der Waals surface area contributed by atoms with Crippen LogP contribution >= 0.6 is 11.6 Å². The zero-order valence-electron chi connectivity index (χ0n) is 22.7. The molecule has 42 heavy (non-hydrogen) atoms. The third-order valence-electron chi connectivity index (χ3n) is 6.66. The van der Waals surface area contributed by atoms with E-state index in [9.17, 15) is 0 Å². The number of aromatic nitrogens is 5. The SMILES string of the molecule is COc1ccc(Cn2cnc3nc(Nc4ccc(C#N)cc4)nc(Oc4c(C)cc(-c5ccncc5)cc4Cl)c32)cc1. The number of rotatable bonds is 8. The predicted molar refractivity (Wildman–Crippen MR) is 161 cm³/mol. The minimum absolute atomic E-state index is 0.291. The van der Waals surface area contributed by atoms with Gasteiger partial charge in [0.1, 0.15) is 5.75 Å². The Hall–Kier alpha value is -5.46. The molecule has 6 aromatic rings. The molecule has 1 N–H and O–H groups in total. The Kier molecular flexibility index (Phi) is 7.37. The molecule has 0 spiro atoms. The normalized spacial score (nSPS) is 10.8. The molecule has 0 radical (unpaired) electrons. The minimum Gasteiger partial charge on any atom is -0.497 e. The highest BCUT2D eigenvalue weighted by Gasteiger charge is 2.19. The topological polar surface area (TPSA) is 111 Å². The van der Waals surface area contributed by atoms with Crippen molar-refractivity contribution in [2.24, 2.45) is 0 Å². The van der Waals surface area contributed by atoms with Gasteiger partial charge in [-0.1, -0.05) is 23.7 Å². The monoisotopic (exact) mass is 573 g/mol. The summed E-state index contributed by atoms with van der Waals surface area (Å²) < 4.78 is 13.7. The first kappa shape index (κ1) is 26.7. The summed E-state index contributed by atoms with van der Waals surface area (Å²) in [4.78, 5) is 18.1. The first-order valence-electron chi connectivity index (χ1n) is 13.0. The number of methoxy groups -OCH3 is 1. The Balaban J connectivity index is 1.41. The Bertz CT molecular complexity index is 1890. The predicted octanol–water partition coefficient (Wildman–Crippen LogP) is 7.31. The van der Waals surface area contributed by atoms with Crippen LogP contribution in [0.25, 0.3) is 22.3 Å². The fraction of sp³-hybridized carbons (Fsp3) is 0.0938. The van der Waals surface area contributed by atoms with Crippen molar-refractivity contribution in [2.45, 2.75) is 13.5 Å². The summed E-state index contributed by atoms with van der Waals surface area (Å²) in [5.41, 5.74) is 6.16. The molecule has 0 saturated heterocycles. The highest BCUT2D eigenvalue weighted by Crippen LogP contribution is 2.38. The largest absolute Gasteiger partial charge is 0.497 e. The number of pyridine rings is 1. The number of ether oxygens (including phenoxy) is 2. The standard InChI is InChI=1S/C32H24ClN7O2/c1-20-15-24(23-11-13-35-14-12-23)16-27(33)29(20)42-31-28-30(36-19-40(28)18-22-5-9-26(41-2)10-6-22)38-32(39-31)37-25-7-3-21(17-34)4-8-25/h3-16,19H,18H2,1-2H3,(H,37,38,39). The molecule has 6 rings (SSSR count). The van der Waals surface area contributed by atoms with Crippen molar-refractivity contribution in [3.63, 3.8) is 0 Å². The molecule has 0 unspecified atom stereocenters. The number of halogens is 1. The van der Waals surface area contributed by atoms with Crippen LogP contribution in [0.5, 0.6) is 17.4 Å². The van der Waals surface area contributed by atoms with Gasteiger partial charge in [-0.2, -0.15) is 15.2 Å². The van der Waals surface area contributed by atoms with E-state index in [2.05, 4.69) is 26.3 Å². The second kappa shape index (κ2) is 11.6. The molecule has 0 fully saturated rings. The first-order valence-corrected chi connectivity index (χ1v) is 13.4. The molecular weight excluding hydrogens is 550 g/mol. The second-order valence-corrected chi connectivity index (χ2v) is 9.91. The van der Waals surface area contributed by atoms with Gasteiger partial charge < -0.3 is 19.4 Å². The highest BCUT2D eigenvalue weighted by molar-refractivity contribution is 6.32. The van der Waals surface area contributed by atoms with Crippen LogP contribution in [0.4, 0.5) is 11.6 Å². The number of nitriles is 1. The number of fused-ring (bicyclic) bond motifs is 1. The average Bonchev–Trinajstić information content (AvgIpc) is 3.42. The van der Waals surface area contributed by atoms with Crippen LogP contribution < -0.4 is 14.8 Å². The third kappa shape index (κ3) is 5.57. The van der Waals surface area contributed by atoms with Gasteiger partial charge in [-0.05, 0) is 89.8 Å². The number of hydrogen-bond acceptors (Lipinski definition) is 8. The lowest BCUT2D eigenvalue weighted by Crippen LogP contribution is -2.04. The fourth-order valence-electron chi connectivity index (χ4n) is 4.55. The zero-order valence-corrected chi connectivity index (χ0v) is 23.5. The average molecular weight is 574 g/mol. The van der Waals surface area contributed by atoms with Crippen LogP contribution in [0.15, 0.2) is 91.5 Å². The Labute approximate surface area is 247 Å². The lowest BCUT2D eigenvalue weighted by Gasteiger charge is -2.15. The zero-order chi connectivity index (χ0) is 29.1. The smallest absolute Gasteiger partial charge is 0.250 e. The maximum Gasteiger partial charge on any atom is 0.250 e. The van der Waals surface area contributed by atoms with E-state index in [1.165, 1.54) is 0 Å². The van der Waals surface area contributed by atoms with E-state index in [0.717, 1.165) is 28.0 Å². The fourth-order valence-corrected chi connectivity index (χ4v) is 4.85. The van der Waals surface area contributed by atoms with Crippen molar-refractivity contribution < 1.29 is 9.47 Å². The van der Waals surface area contributed by atoms with Crippen LogP contribution in [0.1, 0.15) is 16.7 Å². The molecule has 206 valence electrons. The first-order chi connectivity index (χ1) is 20.5. The number of nitrogens with one attached hydrogen (secondary N) is 1. The number of nitrogens with zero attached hydrogens (tertiary/aromatic N) is 6. The molecule has 0 atom stereocenters. The summed E-state index contributed by atoms with van der Waals surface area (Å²) in [5.74, 6) is 1.85. The molecule has 0 aliphatic rings. The molecule has 9 nitrogen and oxygen atoms in total. The molecular formula is C32H24ClN7O2. The van der Waals surface area contributed by atoms with Crippen LogP contribution in [-0.4, -0.2) is 31.6 Å². The van der Waals surface area contributed by atoms with Crippen molar-refractivity contribution in [2.75, 3.05) is 12.4 Å². The van der Waals surface area contributed by atoms with Crippen molar-refractivity contribution >= 4 is 34.4 Å². The molecule has 0 saturated carbocycles. The van der Waals surface area contributed by atoms with E-state index in [1.54, 1.807) is 50.1 Å². The van der Waals surface area contributed by atoms with Gasteiger partial charge in [0.2, 0.25) is 5.95 Å². The summed E-state index contributed by atoms with van der Waals surface area (Å²) in [7, 11) is 1.64. The van der Waals surface area contributed by atoms with Crippen molar-refractivity contribution in [3.8, 4) is 34.6 Å². The van der Waals surface area contributed by atoms with Gasteiger partial charge >= 0.3 is 0 Å². The maximum atomic E-state index is 9.13. The summed E-state index contributed by atoms with van der Waals surface area (Å²) in [6.45, 7) is 2.45. The van der Waals surface area contributed by atoms with Crippen LogP contribution in [0.3, 0.4) is 0 Å². The number of hydrogen-bond donors (Lipinski definition) is 1. The van der Waals surface area contributed by atoms with Crippen molar-refractivity contribution in [3.05, 3.63) is 113 Å². The lowest BCUT2D eigenvalue weighted by atomic mass is 10.0. The van der Waals surface area contributed by atoms with Gasteiger partial charge in [0.25, 0.3) is 5.88 Å². The molecule has 3 heterocycles. The molecule has 0 aliphatic heterocycles. The van der Waals surface area contributed by atoms with Gasteiger partial charge in [-0.3, -0.25) is 4.98 Å². The van der Waals surface area contributed by atoms with E-state index in [1.807, 2.05) is 60.0 Å². The molecule has 0 bridgehead atoms. The Morgan fingerprint density at radius 1 is 0.952 bits per heavy atom. The number of anilines is 2. The number of aryl methyl sites for hydroxylation is 1. The van der Waals surface area contributed by atoms with Gasteiger partial charge in [0, 0.05) is 24.6 Å². The summed E-state index contributed by atoms with van der Waals surface area (Å²) in [6.07, 6.45) is 5.20. The van der Waals surface area contributed by atoms with Crippen LogP contribution in [0.2, 0.25) is 5.02 Å². The second-order valence-electron chi connectivity index (χ2n) is 9.50. The van der Waals surface area contributed by atoms with Gasteiger partial charge in [-0.25, -0.2) is 4.98 Å². The quantitative estimate of drug-likeness (QED) is 0.202. The van der Waals surface area contributed by atoms with Crippen molar-refractivity contribution in [1.29, 1.82) is 5.26 Å². The van der Waals surface area contributed by atoms with E-state index >= 15 is 0 Å². The van der Waals surface area contributed by atoms with E-state index in [0.29, 0.717) is 51.6 Å². The molecule has 0 aliphatic carbocycles. The van der Waals surface area contributed by atoms with Gasteiger partial charge in [0.05, 0.1) is 30.1 Å². The number of imidazole rings is 1. The Morgan fingerprint density at radius 2 is 1.71 bits per heavy atom. The lowest BCUT2D eigenvalue weighted by molar-refractivity contribution is 0.414. The van der Waals surface area contributed by atoms with Gasteiger partial charge in [0.15, 0.2) is 16.9 Å². The summed E-state index contributed by atoms with van der Waals surface area (Å²) in [6, 6.07) is 24.7. The van der Waals surface area contributed by atoms with Gasteiger partial charge in [-0.15, -0.1) is 0 Å². The van der Waals surface area contributed by atoms with Crippen LogP contribution in [-0.2, 0) is 6.54 Å². The summed E-state index contributed by atoms with van der Waals surface area (Å²) in [5, 5.41) is 12.8. The molecule has 3 aromatic carbocycles. The highest BCUT2D eigenvalue weighted by atomic mass is 35.5. The van der Waals surface area contributed by atoms with E-state index in [-0.39, 0.29) is 0 Å². The molecule has 10 heteroatoms. The van der Waals surface area contributed by atoms with E-state index < -0.39 is 0 Å². The third-order valence-corrected chi connectivity index (χ3v) is 6.94. The summed E-state index contributed by atoms with van der Waals surface area (Å²) >= 11 is 6.80. The molecule has 3 aromatic heterocycles. The molecule has 0 amide bonds. The Morgan fingerprint density at radius 3 is 2.40 bits per heavy atom. The minimum atomic E-state index is 0.291. The van der Waals surface area contributed by atoms with Crippen LogP contribution in [0, 0.1) is 18.3 Å². The van der Waals surface area contributed by atoms with Crippen molar-refractivity contribution in [1.82, 2.24) is 24.5 Å². The number of benzene rings is 3. The van der Waals surface area contributed by atoms with E-state index in [4.69, 9.17) is 31.3 Å².